The fourth-order valence-electron chi connectivity index (χ4n) is 1.24. The number of halogens is 1. The van der Waals surface area contributed by atoms with Crippen molar-refractivity contribution in [2.75, 3.05) is 20.8 Å². The summed E-state index contributed by atoms with van der Waals surface area (Å²) in [6.07, 6.45) is 0. The van der Waals surface area contributed by atoms with Crippen LogP contribution >= 0.6 is 12.4 Å². The number of rotatable bonds is 6. The molecule has 1 amide bonds. The molecule has 0 saturated carbocycles. The minimum atomic E-state index is -0.731. The third-order valence-corrected chi connectivity index (χ3v) is 2.17. The Balaban J connectivity index is 0.00000324. The van der Waals surface area contributed by atoms with Crippen LogP contribution in [0.5, 0.6) is 0 Å². The van der Waals surface area contributed by atoms with E-state index in [9.17, 15) is 9.59 Å². The minimum absolute atomic E-state index is 0. The highest BCUT2D eigenvalue weighted by Crippen LogP contribution is 2.08. The predicted molar refractivity (Wildman–Crippen MR) is 69.0 cm³/mol. The molecule has 1 heterocycles. The number of hydrogen-bond donors (Lipinski definition) is 2. The smallest absolute Gasteiger partial charge is 0.373 e. The topological polar surface area (TPSA) is 104 Å². The maximum Gasteiger partial charge on any atom is 0.373 e. The van der Waals surface area contributed by atoms with Crippen LogP contribution < -0.4 is 11.1 Å². The van der Waals surface area contributed by atoms with Gasteiger partial charge in [-0.15, -0.1) is 12.4 Å². The Morgan fingerprint density at radius 2 is 2.11 bits per heavy atom. The Labute approximate surface area is 116 Å². The summed E-state index contributed by atoms with van der Waals surface area (Å²) in [7, 11) is 2.72. The van der Waals surface area contributed by atoms with Gasteiger partial charge in [0.25, 0.3) is 0 Å². The van der Waals surface area contributed by atoms with Crippen LogP contribution in [0.3, 0.4) is 0 Å². The molecule has 1 aromatic heterocycles. The van der Waals surface area contributed by atoms with E-state index in [0.29, 0.717) is 5.76 Å². The lowest BCUT2D eigenvalue weighted by Crippen LogP contribution is -2.43. The first-order valence-electron chi connectivity index (χ1n) is 5.27. The first-order chi connectivity index (χ1) is 8.58. The molecular weight excluding hydrogens is 276 g/mol. The molecule has 7 nitrogen and oxygen atoms in total. The van der Waals surface area contributed by atoms with Crippen LogP contribution in [0.25, 0.3) is 0 Å². The van der Waals surface area contributed by atoms with E-state index >= 15 is 0 Å². The van der Waals surface area contributed by atoms with Gasteiger partial charge in [0.15, 0.2) is 0 Å². The van der Waals surface area contributed by atoms with E-state index in [-0.39, 0.29) is 37.2 Å². The zero-order valence-electron chi connectivity index (χ0n) is 10.7. The molecule has 1 aromatic rings. The van der Waals surface area contributed by atoms with Crippen molar-refractivity contribution in [1.29, 1.82) is 0 Å². The number of amides is 1. The lowest BCUT2D eigenvalue weighted by molar-refractivity contribution is -0.123. The summed E-state index contributed by atoms with van der Waals surface area (Å²) >= 11 is 0. The number of nitrogens with one attached hydrogen (secondary N) is 1. The molecule has 1 unspecified atom stereocenters. The lowest BCUT2D eigenvalue weighted by atomic mass is 10.3. The fourth-order valence-corrected chi connectivity index (χ4v) is 1.24. The summed E-state index contributed by atoms with van der Waals surface area (Å²) < 4.78 is 14.4. The molecule has 0 aliphatic rings. The quantitative estimate of drug-likeness (QED) is 0.720. The van der Waals surface area contributed by atoms with Crippen molar-refractivity contribution in [3.8, 4) is 0 Å². The summed E-state index contributed by atoms with van der Waals surface area (Å²) in [4.78, 5) is 22.6. The first kappa shape index (κ1) is 17.4. The molecule has 0 bridgehead atoms. The second-order valence-electron chi connectivity index (χ2n) is 3.54. The Morgan fingerprint density at radius 3 is 2.68 bits per heavy atom. The number of methoxy groups -OCH3 is 2. The number of esters is 1. The normalized spacial score (nSPS) is 11.3. The van der Waals surface area contributed by atoms with Crippen molar-refractivity contribution >= 4 is 24.3 Å². The van der Waals surface area contributed by atoms with Crippen LogP contribution in [0.1, 0.15) is 16.3 Å². The zero-order valence-corrected chi connectivity index (χ0v) is 11.5. The second kappa shape index (κ2) is 8.52. The highest BCUT2D eigenvalue weighted by atomic mass is 35.5. The highest BCUT2D eigenvalue weighted by molar-refractivity contribution is 5.86. The molecule has 3 N–H and O–H groups in total. The van der Waals surface area contributed by atoms with E-state index in [1.165, 1.54) is 20.3 Å². The molecule has 0 spiro atoms. The molecular formula is C11H17ClN2O5. The van der Waals surface area contributed by atoms with E-state index in [4.69, 9.17) is 14.9 Å². The largest absolute Gasteiger partial charge is 0.463 e. The molecule has 8 heteroatoms. The monoisotopic (exact) mass is 292 g/mol. The van der Waals surface area contributed by atoms with E-state index in [0.717, 1.165) is 0 Å². The van der Waals surface area contributed by atoms with Crippen molar-refractivity contribution < 1.29 is 23.5 Å². The molecule has 0 fully saturated rings. The van der Waals surface area contributed by atoms with Gasteiger partial charge in [0, 0.05) is 7.11 Å². The van der Waals surface area contributed by atoms with Crippen molar-refractivity contribution in [2.45, 2.75) is 12.6 Å². The standard InChI is InChI=1S/C11H16N2O5.ClH/c1-16-6-8(12)10(14)13-5-7-3-4-9(18-7)11(15)17-2;/h3-4,8H,5-6,12H2,1-2H3,(H,13,14);1H. The van der Waals surface area contributed by atoms with Gasteiger partial charge in [-0.1, -0.05) is 0 Å². The Bertz CT molecular complexity index is 421. The molecule has 108 valence electrons. The van der Waals surface area contributed by atoms with E-state index < -0.39 is 12.0 Å². The molecule has 1 atom stereocenters. The number of furan rings is 1. The third-order valence-electron chi connectivity index (χ3n) is 2.17. The number of carbonyl (C=O) groups is 2. The van der Waals surface area contributed by atoms with Gasteiger partial charge in [0.05, 0.1) is 20.3 Å². The van der Waals surface area contributed by atoms with Gasteiger partial charge in [-0.2, -0.15) is 0 Å². The first-order valence-corrected chi connectivity index (χ1v) is 5.27. The summed E-state index contributed by atoms with van der Waals surface area (Å²) in [5, 5.41) is 2.56. The number of hydrogen-bond acceptors (Lipinski definition) is 6. The molecule has 0 aromatic carbocycles. The van der Waals surface area contributed by atoms with Crippen molar-refractivity contribution in [2.24, 2.45) is 5.73 Å². The summed E-state index contributed by atoms with van der Waals surface area (Å²) in [5.74, 6) is -0.396. The fraction of sp³-hybridized carbons (Fsp3) is 0.455. The van der Waals surface area contributed by atoms with Crippen molar-refractivity contribution in [3.05, 3.63) is 23.7 Å². The number of ether oxygens (including phenoxy) is 2. The maximum absolute atomic E-state index is 11.5. The Morgan fingerprint density at radius 1 is 1.42 bits per heavy atom. The summed E-state index contributed by atoms with van der Waals surface area (Å²) in [6, 6.07) is 2.32. The Hall–Kier alpha value is -1.57. The molecule has 19 heavy (non-hydrogen) atoms. The Kier molecular flexibility index (Phi) is 7.81. The van der Waals surface area contributed by atoms with Crippen molar-refractivity contribution in [1.82, 2.24) is 5.32 Å². The third kappa shape index (κ3) is 5.29. The molecule has 0 radical (unpaired) electrons. The molecule has 0 saturated heterocycles. The van der Waals surface area contributed by atoms with E-state index in [1.807, 2.05) is 0 Å². The van der Waals surface area contributed by atoms with Crippen LogP contribution in [-0.2, 0) is 20.8 Å². The number of carbonyl (C=O) groups excluding carboxylic acids is 2. The van der Waals surface area contributed by atoms with Crippen LogP contribution in [0.4, 0.5) is 0 Å². The van der Waals surface area contributed by atoms with Gasteiger partial charge < -0.3 is 24.9 Å². The van der Waals surface area contributed by atoms with Gasteiger partial charge in [0.1, 0.15) is 11.8 Å². The average molecular weight is 293 g/mol. The lowest BCUT2D eigenvalue weighted by Gasteiger charge is -2.09. The van der Waals surface area contributed by atoms with Crippen LogP contribution in [0.2, 0.25) is 0 Å². The molecule has 0 aliphatic carbocycles. The highest BCUT2D eigenvalue weighted by Gasteiger charge is 2.14. The van der Waals surface area contributed by atoms with Gasteiger partial charge in [-0.3, -0.25) is 4.79 Å². The van der Waals surface area contributed by atoms with E-state index in [1.54, 1.807) is 6.07 Å². The molecule has 0 aliphatic heterocycles. The summed E-state index contributed by atoms with van der Waals surface area (Å²) in [6.45, 7) is 0.282. The van der Waals surface area contributed by atoms with Gasteiger partial charge >= 0.3 is 5.97 Å². The minimum Gasteiger partial charge on any atom is -0.463 e. The van der Waals surface area contributed by atoms with E-state index in [2.05, 4.69) is 10.1 Å². The summed E-state index contributed by atoms with van der Waals surface area (Å²) in [5.41, 5.74) is 5.53. The SMILES string of the molecule is COCC(N)C(=O)NCc1ccc(C(=O)OC)o1.Cl. The predicted octanol–water partition coefficient (Wildman–Crippen LogP) is 0.0779. The van der Waals surface area contributed by atoms with Crippen LogP contribution in [0, 0.1) is 0 Å². The van der Waals surface area contributed by atoms with Gasteiger partial charge in [-0.25, -0.2) is 4.79 Å². The number of nitrogens with two attached hydrogens (primary N) is 1. The van der Waals surface area contributed by atoms with Crippen LogP contribution in [-0.4, -0.2) is 38.7 Å². The second-order valence-corrected chi connectivity index (χ2v) is 3.54. The van der Waals surface area contributed by atoms with Gasteiger partial charge in [0.2, 0.25) is 11.7 Å². The zero-order chi connectivity index (χ0) is 13.5. The maximum atomic E-state index is 11.5. The molecule has 1 rings (SSSR count). The average Bonchev–Trinajstić information content (AvgIpc) is 2.84. The van der Waals surface area contributed by atoms with Crippen LogP contribution in [0.15, 0.2) is 16.5 Å². The van der Waals surface area contributed by atoms with Gasteiger partial charge in [-0.05, 0) is 12.1 Å². The van der Waals surface area contributed by atoms with Crippen molar-refractivity contribution in [3.63, 3.8) is 0 Å².